The van der Waals surface area contributed by atoms with Gasteiger partial charge in [0.25, 0.3) is 0 Å². The fourth-order valence-corrected chi connectivity index (χ4v) is 2.63. The van der Waals surface area contributed by atoms with Crippen LogP contribution in [0, 0.1) is 0 Å². The molecule has 0 aliphatic rings. The molecule has 114 valence electrons. The van der Waals surface area contributed by atoms with E-state index in [1.165, 1.54) is 0 Å². The molecule has 1 nitrogen and oxygen atoms in total. The van der Waals surface area contributed by atoms with Crippen molar-refractivity contribution >= 4 is 23.2 Å². The average molecular weight is 328 g/mol. The highest BCUT2D eigenvalue weighted by atomic mass is 35.5. The molecule has 1 N–H and O–H groups in total. The number of hydrogen-bond donors (Lipinski definition) is 1. The Morgan fingerprint density at radius 1 is 1.20 bits per heavy atom. The number of nitrogens with one attached hydrogen (secondary N) is 1. The van der Waals surface area contributed by atoms with Gasteiger partial charge in [-0.05, 0) is 44.4 Å². The van der Waals surface area contributed by atoms with E-state index >= 15 is 0 Å². The second-order valence-corrected chi connectivity index (χ2v) is 5.81. The van der Waals surface area contributed by atoms with Crippen molar-refractivity contribution in [3.8, 4) is 0 Å². The van der Waals surface area contributed by atoms with E-state index in [0.29, 0.717) is 16.5 Å². The van der Waals surface area contributed by atoms with Crippen LogP contribution >= 0.6 is 23.2 Å². The summed E-state index contributed by atoms with van der Waals surface area (Å²) in [5.74, 6) is 0. The van der Waals surface area contributed by atoms with Crippen LogP contribution in [0.4, 0.5) is 13.2 Å². The third-order valence-electron chi connectivity index (χ3n) is 3.06. The zero-order valence-corrected chi connectivity index (χ0v) is 12.9. The average Bonchev–Trinajstić information content (AvgIpc) is 2.26. The smallest absolute Gasteiger partial charge is 0.308 e. The van der Waals surface area contributed by atoms with Gasteiger partial charge in [0.1, 0.15) is 0 Å². The van der Waals surface area contributed by atoms with Crippen LogP contribution in [0.5, 0.6) is 0 Å². The Balaban J connectivity index is 2.47. The van der Waals surface area contributed by atoms with Gasteiger partial charge in [0, 0.05) is 28.5 Å². The molecule has 0 aromatic heterocycles. The quantitative estimate of drug-likeness (QED) is 0.699. The molecule has 1 aromatic rings. The van der Waals surface area contributed by atoms with Crippen molar-refractivity contribution in [2.75, 3.05) is 0 Å². The number of alkyl halides is 3. The van der Waals surface area contributed by atoms with Gasteiger partial charge in [-0.15, -0.1) is 0 Å². The molecule has 20 heavy (non-hydrogen) atoms. The van der Waals surface area contributed by atoms with Gasteiger partial charge in [-0.2, -0.15) is 13.2 Å². The Bertz CT molecular complexity index is 435. The fourth-order valence-electron chi connectivity index (χ4n) is 2.06. The molecule has 0 radical (unpaired) electrons. The highest BCUT2D eigenvalue weighted by Crippen LogP contribution is 2.27. The van der Waals surface area contributed by atoms with Gasteiger partial charge in [0.2, 0.25) is 0 Å². The summed E-state index contributed by atoms with van der Waals surface area (Å²) in [5, 5.41) is 4.36. The molecule has 2 unspecified atom stereocenters. The monoisotopic (exact) mass is 327 g/mol. The molecule has 1 aromatic carbocycles. The van der Waals surface area contributed by atoms with Gasteiger partial charge in [0.05, 0.1) is 0 Å². The molecule has 1 rings (SSSR count). The zero-order chi connectivity index (χ0) is 15.3. The molecular weight excluding hydrogens is 310 g/mol. The molecule has 0 heterocycles. The molecule has 0 bridgehead atoms. The van der Waals surface area contributed by atoms with Gasteiger partial charge in [-0.1, -0.05) is 29.3 Å². The van der Waals surface area contributed by atoms with Gasteiger partial charge < -0.3 is 5.32 Å². The highest BCUT2D eigenvalue weighted by Gasteiger charge is 2.26. The van der Waals surface area contributed by atoms with Crippen LogP contribution in [-0.2, 0) is 0 Å². The number of benzene rings is 1. The van der Waals surface area contributed by atoms with Crippen LogP contribution in [0.25, 0.3) is 0 Å². The van der Waals surface area contributed by atoms with Crippen LogP contribution in [0.15, 0.2) is 18.2 Å². The van der Waals surface area contributed by atoms with Gasteiger partial charge >= 0.3 is 6.18 Å². The largest absolute Gasteiger partial charge is 0.389 e. The summed E-state index contributed by atoms with van der Waals surface area (Å²) in [6.07, 6.45) is -4.23. The molecular formula is C14H18Cl2F3N. The summed E-state index contributed by atoms with van der Waals surface area (Å²) >= 11 is 11.9. The summed E-state index contributed by atoms with van der Waals surface area (Å²) in [5.41, 5.74) is 0.888. The van der Waals surface area contributed by atoms with Crippen molar-refractivity contribution in [3.63, 3.8) is 0 Å². The minimum absolute atomic E-state index is 0.0147. The first kappa shape index (κ1) is 17.6. The highest BCUT2D eigenvalue weighted by molar-refractivity contribution is 6.35. The lowest BCUT2D eigenvalue weighted by atomic mass is 10.1. The summed E-state index contributed by atoms with van der Waals surface area (Å²) in [7, 11) is 0. The van der Waals surface area contributed by atoms with Crippen molar-refractivity contribution in [2.45, 2.75) is 51.4 Å². The van der Waals surface area contributed by atoms with E-state index in [9.17, 15) is 13.2 Å². The first-order chi connectivity index (χ1) is 9.19. The second kappa shape index (κ2) is 7.53. The summed E-state index contributed by atoms with van der Waals surface area (Å²) in [6.45, 7) is 3.80. The topological polar surface area (TPSA) is 12.0 Å². The molecule has 2 atom stereocenters. The molecule has 0 aliphatic carbocycles. The van der Waals surface area contributed by atoms with Crippen LogP contribution in [-0.4, -0.2) is 12.2 Å². The maximum atomic E-state index is 12.1. The van der Waals surface area contributed by atoms with E-state index in [1.807, 2.05) is 19.9 Å². The van der Waals surface area contributed by atoms with E-state index in [-0.39, 0.29) is 18.5 Å². The maximum absolute atomic E-state index is 12.1. The lowest BCUT2D eigenvalue weighted by Crippen LogP contribution is -2.29. The fraction of sp³-hybridized carbons (Fsp3) is 0.571. The third kappa shape index (κ3) is 6.33. The van der Waals surface area contributed by atoms with E-state index in [1.54, 1.807) is 12.1 Å². The summed E-state index contributed by atoms with van der Waals surface area (Å²) in [4.78, 5) is 0. The molecule has 0 amide bonds. The first-order valence-corrected chi connectivity index (χ1v) is 7.22. The van der Waals surface area contributed by atoms with E-state index in [0.717, 1.165) is 5.56 Å². The molecule has 0 saturated heterocycles. The second-order valence-electron chi connectivity index (χ2n) is 4.96. The molecule has 0 aliphatic heterocycles. The van der Waals surface area contributed by atoms with Crippen molar-refractivity contribution in [1.82, 2.24) is 5.32 Å². The third-order valence-corrected chi connectivity index (χ3v) is 3.62. The molecule has 0 saturated carbocycles. The van der Waals surface area contributed by atoms with E-state index in [2.05, 4.69) is 5.32 Å². The minimum atomic E-state index is -4.08. The number of rotatable bonds is 6. The number of hydrogen-bond acceptors (Lipinski definition) is 1. The maximum Gasteiger partial charge on any atom is 0.389 e. The van der Waals surface area contributed by atoms with Crippen molar-refractivity contribution in [2.24, 2.45) is 0 Å². The predicted molar refractivity (Wildman–Crippen MR) is 77.4 cm³/mol. The van der Waals surface area contributed by atoms with E-state index in [4.69, 9.17) is 23.2 Å². The van der Waals surface area contributed by atoms with Gasteiger partial charge in [0.15, 0.2) is 0 Å². The van der Waals surface area contributed by atoms with Crippen LogP contribution < -0.4 is 5.32 Å². The van der Waals surface area contributed by atoms with Crippen molar-refractivity contribution in [3.05, 3.63) is 33.8 Å². The van der Waals surface area contributed by atoms with Gasteiger partial charge in [-0.3, -0.25) is 0 Å². The van der Waals surface area contributed by atoms with E-state index < -0.39 is 12.6 Å². The summed E-state index contributed by atoms with van der Waals surface area (Å²) < 4.78 is 36.2. The Morgan fingerprint density at radius 2 is 1.85 bits per heavy atom. The van der Waals surface area contributed by atoms with Crippen molar-refractivity contribution < 1.29 is 13.2 Å². The standard InChI is InChI=1S/C14H18Cl2F3N/c1-9(4-3-7-14(17,18)19)20-10(2)12-6-5-11(15)8-13(12)16/h5-6,8-10,20H,3-4,7H2,1-2H3. The zero-order valence-electron chi connectivity index (χ0n) is 11.4. The Labute approximate surface area is 127 Å². The SMILES string of the molecule is CC(CCCC(F)(F)F)NC(C)c1ccc(Cl)cc1Cl. The minimum Gasteiger partial charge on any atom is -0.308 e. The normalized spacial score (nSPS) is 15.2. The van der Waals surface area contributed by atoms with Gasteiger partial charge in [-0.25, -0.2) is 0 Å². The lowest BCUT2D eigenvalue weighted by Gasteiger charge is -2.21. The van der Waals surface area contributed by atoms with Crippen molar-refractivity contribution in [1.29, 1.82) is 0 Å². The van der Waals surface area contributed by atoms with Crippen LogP contribution in [0.3, 0.4) is 0 Å². The predicted octanol–water partition coefficient (Wildman–Crippen LogP) is 5.77. The van der Waals surface area contributed by atoms with Crippen LogP contribution in [0.2, 0.25) is 10.0 Å². The Morgan fingerprint density at radius 3 is 2.40 bits per heavy atom. The molecule has 0 spiro atoms. The number of halogens is 5. The summed E-state index contributed by atoms with van der Waals surface area (Å²) in [6, 6.07) is 5.17. The molecule has 6 heteroatoms. The first-order valence-electron chi connectivity index (χ1n) is 6.47. The molecule has 0 fully saturated rings. The Hall–Kier alpha value is -0.450. The lowest BCUT2D eigenvalue weighted by molar-refractivity contribution is -0.135. The Kier molecular flexibility index (Phi) is 6.62. The van der Waals surface area contributed by atoms with Crippen LogP contribution in [0.1, 0.15) is 44.7 Å².